The van der Waals surface area contributed by atoms with Crippen molar-refractivity contribution in [3.63, 3.8) is 0 Å². The SMILES string of the molecule is CCN(Cc1cnc(Cl)s1)c1ccc(F)cc1. The van der Waals surface area contributed by atoms with Crippen LogP contribution in [-0.2, 0) is 6.54 Å². The molecule has 0 atom stereocenters. The zero-order valence-corrected chi connectivity index (χ0v) is 10.9. The first-order chi connectivity index (χ1) is 8.19. The smallest absolute Gasteiger partial charge is 0.183 e. The van der Waals surface area contributed by atoms with Crippen molar-refractivity contribution in [3.05, 3.63) is 45.6 Å². The van der Waals surface area contributed by atoms with Crippen LogP contribution in [0.4, 0.5) is 10.1 Å². The van der Waals surface area contributed by atoms with Gasteiger partial charge in [0.05, 0.1) is 6.54 Å². The summed E-state index contributed by atoms with van der Waals surface area (Å²) >= 11 is 7.26. The summed E-state index contributed by atoms with van der Waals surface area (Å²) in [6.07, 6.45) is 1.78. The molecule has 0 aliphatic carbocycles. The van der Waals surface area contributed by atoms with Gasteiger partial charge in [-0.3, -0.25) is 0 Å². The molecule has 0 saturated heterocycles. The Hall–Kier alpha value is -1.13. The van der Waals surface area contributed by atoms with Crippen LogP contribution in [-0.4, -0.2) is 11.5 Å². The Morgan fingerprint density at radius 3 is 2.59 bits per heavy atom. The average molecular weight is 271 g/mol. The van der Waals surface area contributed by atoms with Crippen molar-refractivity contribution < 1.29 is 4.39 Å². The molecule has 0 amide bonds. The van der Waals surface area contributed by atoms with Gasteiger partial charge >= 0.3 is 0 Å². The third-order valence-electron chi connectivity index (χ3n) is 2.45. The van der Waals surface area contributed by atoms with Crippen molar-refractivity contribution in [2.75, 3.05) is 11.4 Å². The second-order valence-electron chi connectivity index (χ2n) is 3.57. The Labute approximate surface area is 109 Å². The molecular formula is C12H12ClFN2S. The molecule has 0 radical (unpaired) electrons. The van der Waals surface area contributed by atoms with E-state index in [-0.39, 0.29) is 5.82 Å². The molecule has 0 aliphatic rings. The lowest BCUT2D eigenvalue weighted by Gasteiger charge is -2.22. The molecule has 1 heterocycles. The van der Waals surface area contributed by atoms with Crippen molar-refractivity contribution in [1.29, 1.82) is 0 Å². The van der Waals surface area contributed by atoms with E-state index in [0.717, 1.165) is 23.7 Å². The molecule has 0 spiro atoms. The highest BCUT2D eigenvalue weighted by Crippen LogP contribution is 2.22. The summed E-state index contributed by atoms with van der Waals surface area (Å²) in [7, 11) is 0. The molecule has 90 valence electrons. The van der Waals surface area contributed by atoms with Crippen molar-refractivity contribution in [3.8, 4) is 0 Å². The monoisotopic (exact) mass is 270 g/mol. The van der Waals surface area contributed by atoms with E-state index in [4.69, 9.17) is 11.6 Å². The normalized spacial score (nSPS) is 10.5. The molecule has 1 aromatic heterocycles. The Bertz CT molecular complexity index is 484. The molecule has 0 aliphatic heterocycles. The zero-order chi connectivity index (χ0) is 12.3. The fourth-order valence-corrected chi connectivity index (χ4v) is 2.58. The van der Waals surface area contributed by atoms with Gasteiger partial charge in [0, 0.05) is 23.3 Å². The van der Waals surface area contributed by atoms with E-state index in [0.29, 0.717) is 4.47 Å². The second-order valence-corrected chi connectivity index (χ2v) is 5.27. The zero-order valence-electron chi connectivity index (χ0n) is 9.36. The molecule has 2 aromatic rings. The highest BCUT2D eigenvalue weighted by molar-refractivity contribution is 7.15. The first-order valence-electron chi connectivity index (χ1n) is 5.29. The largest absolute Gasteiger partial charge is 0.367 e. The standard InChI is InChI=1S/C12H12ClFN2S/c1-2-16(8-11-7-15-12(13)17-11)10-5-3-9(14)4-6-10/h3-7H,2,8H2,1H3. The third-order valence-corrected chi connectivity index (χ3v) is 3.55. The van der Waals surface area contributed by atoms with Crippen LogP contribution in [0, 0.1) is 5.82 Å². The molecule has 0 fully saturated rings. The van der Waals surface area contributed by atoms with Crippen molar-refractivity contribution in [2.45, 2.75) is 13.5 Å². The Balaban J connectivity index is 2.13. The van der Waals surface area contributed by atoms with Crippen LogP contribution in [0.5, 0.6) is 0 Å². The van der Waals surface area contributed by atoms with Crippen LogP contribution in [0.15, 0.2) is 30.5 Å². The van der Waals surface area contributed by atoms with Gasteiger partial charge < -0.3 is 4.90 Å². The number of thiazole rings is 1. The minimum atomic E-state index is -0.217. The minimum Gasteiger partial charge on any atom is -0.367 e. The van der Waals surface area contributed by atoms with Gasteiger partial charge in [-0.15, -0.1) is 11.3 Å². The van der Waals surface area contributed by atoms with Gasteiger partial charge in [-0.05, 0) is 31.2 Å². The van der Waals surface area contributed by atoms with E-state index >= 15 is 0 Å². The van der Waals surface area contributed by atoms with Crippen LogP contribution in [0.3, 0.4) is 0 Å². The molecule has 2 nitrogen and oxygen atoms in total. The predicted octanol–water partition coefficient (Wildman–Crippen LogP) is 3.96. The highest BCUT2D eigenvalue weighted by Gasteiger charge is 2.07. The summed E-state index contributed by atoms with van der Waals surface area (Å²) < 4.78 is 13.4. The number of benzene rings is 1. The Morgan fingerprint density at radius 1 is 1.35 bits per heavy atom. The fourth-order valence-electron chi connectivity index (χ4n) is 1.58. The van der Waals surface area contributed by atoms with Gasteiger partial charge in [0.15, 0.2) is 4.47 Å². The molecule has 17 heavy (non-hydrogen) atoms. The van der Waals surface area contributed by atoms with Crippen molar-refractivity contribution in [1.82, 2.24) is 4.98 Å². The number of anilines is 1. The molecule has 1 aromatic carbocycles. The summed E-state index contributed by atoms with van der Waals surface area (Å²) in [6.45, 7) is 3.65. The maximum Gasteiger partial charge on any atom is 0.183 e. The number of aromatic nitrogens is 1. The summed E-state index contributed by atoms with van der Waals surface area (Å²) in [6, 6.07) is 6.50. The highest BCUT2D eigenvalue weighted by atomic mass is 35.5. The summed E-state index contributed by atoms with van der Waals surface area (Å²) in [5.41, 5.74) is 0.999. The van der Waals surface area contributed by atoms with E-state index in [2.05, 4.69) is 16.8 Å². The molecule has 0 saturated carbocycles. The van der Waals surface area contributed by atoms with Gasteiger partial charge in [-0.2, -0.15) is 0 Å². The van der Waals surface area contributed by atoms with E-state index in [1.54, 1.807) is 18.3 Å². The fraction of sp³-hybridized carbons (Fsp3) is 0.250. The maximum atomic E-state index is 12.8. The van der Waals surface area contributed by atoms with Crippen LogP contribution in [0.25, 0.3) is 0 Å². The van der Waals surface area contributed by atoms with E-state index in [1.807, 2.05) is 0 Å². The second kappa shape index (κ2) is 5.47. The molecule has 0 N–H and O–H groups in total. The van der Waals surface area contributed by atoms with Crippen molar-refractivity contribution in [2.24, 2.45) is 0 Å². The Kier molecular flexibility index (Phi) is 3.97. The third kappa shape index (κ3) is 3.17. The van der Waals surface area contributed by atoms with Gasteiger partial charge in [-0.1, -0.05) is 11.6 Å². The number of hydrogen-bond acceptors (Lipinski definition) is 3. The number of nitrogens with zero attached hydrogens (tertiary/aromatic N) is 2. The Morgan fingerprint density at radius 2 is 2.06 bits per heavy atom. The topological polar surface area (TPSA) is 16.1 Å². The van der Waals surface area contributed by atoms with Gasteiger partial charge in [0.2, 0.25) is 0 Å². The minimum absolute atomic E-state index is 0.217. The maximum absolute atomic E-state index is 12.8. The lowest BCUT2D eigenvalue weighted by Crippen LogP contribution is -2.21. The lowest BCUT2D eigenvalue weighted by atomic mass is 10.2. The molecule has 2 rings (SSSR count). The molecule has 5 heteroatoms. The number of hydrogen-bond donors (Lipinski definition) is 0. The summed E-state index contributed by atoms with van der Waals surface area (Å²) in [5, 5.41) is 0. The quantitative estimate of drug-likeness (QED) is 0.836. The predicted molar refractivity (Wildman–Crippen MR) is 70.2 cm³/mol. The van der Waals surface area contributed by atoms with Crippen LogP contribution in [0.2, 0.25) is 4.47 Å². The molecule has 0 unspecified atom stereocenters. The van der Waals surface area contributed by atoms with Gasteiger partial charge in [0.25, 0.3) is 0 Å². The first kappa shape index (κ1) is 12.3. The average Bonchev–Trinajstić information content (AvgIpc) is 2.73. The number of halogens is 2. The lowest BCUT2D eigenvalue weighted by molar-refractivity contribution is 0.627. The summed E-state index contributed by atoms with van der Waals surface area (Å²) in [5.74, 6) is -0.217. The van der Waals surface area contributed by atoms with Crippen LogP contribution in [0.1, 0.15) is 11.8 Å². The van der Waals surface area contributed by atoms with E-state index in [9.17, 15) is 4.39 Å². The van der Waals surface area contributed by atoms with Gasteiger partial charge in [-0.25, -0.2) is 9.37 Å². The van der Waals surface area contributed by atoms with Crippen LogP contribution >= 0.6 is 22.9 Å². The van der Waals surface area contributed by atoms with Crippen LogP contribution < -0.4 is 4.90 Å². The first-order valence-corrected chi connectivity index (χ1v) is 6.49. The van der Waals surface area contributed by atoms with E-state index < -0.39 is 0 Å². The summed E-state index contributed by atoms with van der Waals surface area (Å²) in [4.78, 5) is 7.25. The molecular weight excluding hydrogens is 259 g/mol. The van der Waals surface area contributed by atoms with Crippen molar-refractivity contribution >= 4 is 28.6 Å². The van der Waals surface area contributed by atoms with E-state index in [1.165, 1.54) is 23.5 Å². The van der Waals surface area contributed by atoms with Gasteiger partial charge in [0.1, 0.15) is 5.82 Å². The molecule has 0 bridgehead atoms. The number of rotatable bonds is 4.